The standard InChI is InChI=1S/C23H21BFNO2/c1-17(18-11-13-21(25)14-12-18)26-15-20-9-5-6-10-22(20)24-27-16-23(28-24)19-7-3-2-4-8-19/h2-15,17,23H,16H2,1H3/t17?,23-/m1/s1. The van der Waals surface area contributed by atoms with Crippen LogP contribution in [0.2, 0.25) is 0 Å². The van der Waals surface area contributed by atoms with Gasteiger partial charge in [0, 0.05) is 6.21 Å². The fourth-order valence-corrected chi connectivity index (χ4v) is 3.27. The van der Waals surface area contributed by atoms with Crippen LogP contribution in [0.5, 0.6) is 0 Å². The fraction of sp³-hybridized carbons (Fsp3) is 0.174. The molecular formula is C23H21BFNO2. The Labute approximate surface area is 165 Å². The second kappa shape index (κ2) is 8.51. The average molecular weight is 373 g/mol. The van der Waals surface area contributed by atoms with Gasteiger partial charge in [-0.1, -0.05) is 66.7 Å². The normalized spacial score (nSPS) is 17.9. The van der Waals surface area contributed by atoms with Gasteiger partial charge in [-0.15, -0.1) is 0 Å². The number of hydrogen-bond donors (Lipinski definition) is 0. The van der Waals surface area contributed by atoms with Crippen molar-refractivity contribution >= 4 is 18.8 Å². The van der Waals surface area contributed by atoms with Crippen LogP contribution < -0.4 is 5.46 Å². The van der Waals surface area contributed by atoms with E-state index in [1.807, 2.05) is 67.7 Å². The van der Waals surface area contributed by atoms with Crippen LogP contribution in [0.15, 0.2) is 83.9 Å². The molecule has 1 saturated heterocycles. The highest BCUT2D eigenvalue weighted by atomic mass is 19.1. The SMILES string of the molecule is CC(N=Cc1ccccc1B1OC[C@H](c2ccccc2)O1)c1ccc(F)cc1. The van der Waals surface area contributed by atoms with E-state index in [-0.39, 0.29) is 18.0 Å². The van der Waals surface area contributed by atoms with Crippen molar-refractivity contribution in [3.05, 3.63) is 101 Å². The quantitative estimate of drug-likeness (QED) is 0.488. The van der Waals surface area contributed by atoms with Crippen molar-refractivity contribution in [1.29, 1.82) is 0 Å². The van der Waals surface area contributed by atoms with Crippen LogP contribution in [0.1, 0.15) is 35.8 Å². The predicted molar refractivity (Wildman–Crippen MR) is 110 cm³/mol. The number of benzene rings is 3. The summed E-state index contributed by atoms with van der Waals surface area (Å²) in [6, 6.07) is 24.4. The van der Waals surface area contributed by atoms with Gasteiger partial charge in [0.05, 0.1) is 18.8 Å². The van der Waals surface area contributed by atoms with Crippen LogP contribution in [-0.2, 0) is 9.31 Å². The Bertz CT molecular complexity index is 946. The molecule has 1 aliphatic heterocycles. The lowest BCUT2D eigenvalue weighted by molar-refractivity contribution is 0.241. The van der Waals surface area contributed by atoms with Crippen molar-refractivity contribution in [2.75, 3.05) is 6.61 Å². The minimum absolute atomic E-state index is 0.0730. The van der Waals surface area contributed by atoms with E-state index in [2.05, 4.69) is 4.99 Å². The fourth-order valence-electron chi connectivity index (χ4n) is 3.27. The molecule has 0 spiro atoms. The summed E-state index contributed by atoms with van der Waals surface area (Å²) in [5.74, 6) is -0.242. The van der Waals surface area contributed by atoms with Crippen LogP contribution in [0, 0.1) is 5.82 Å². The number of rotatable bonds is 5. The zero-order valence-electron chi connectivity index (χ0n) is 15.7. The van der Waals surface area contributed by atoms with Crippen molar-refractivity contribution < 1.29 is 13.7 Å². The molecule has 140 valence electrons. The Kier molecular flexibility index (Phi) is 5.65. The maximum Gasteiger partial charge on any atom is 0.495 e. The molecule has 3 nitrogen and oxygen atoms in total. The van der Waals surface area contributed by atoms with Crippen LogP contribution in [0.3, 0.4) is 0 Å². The Morgan fingerprint density at radius 3 is 2.50 bits per heavy atom. The average Bonchev–Trinajstić information content (AvgIpc) is 3.23. The summed E-state index contributed by atoms with van der Waals surface area (Å²) in [7, 11) is -0.422. The highest BCUT2D eigenvalue weighted by Gasteiger charge is 2.34. The van der Waals surface area contributed by atoms with E-state index in [4.69, 9.17) is 9.31 Å². The van der Waals surface area contributed by atoms with Crippen molar-refractivity contribution in [2.45, 2.75) is 19.1 Å². The third-order valence-electron chi connectivity index (χ3n) is 4.90. The topological polar surface area (TPSA) is 30.8 Å². The predicted octanol–water partition coefficient (Wildman–Crippen LogP) is 4.49. The van der Waals surface area contributed by atoms with E-state index in [1.165, 1.54) is 12.1 Å². The summed E-state index contributed by atoms with van der Waals surface area (Å²) >= 11 is 0. The van der Waals surface area contributed by atoms with Gasteiger partial charge in [0.1, 0.15) is 5.82 Å². The molecule has 2 atom stereocenters. The minimum Gasteiger partial charge on any atom is -0.404 e. The summed E-state index contributed by atoms with van der Waals surface area (Å²) in [6.45, 7) is 2.51. The first-order chi connectivity index (χ1) is 13.7. The van der Waals surface area contributed by atoms with Crippen molar-refractivity contribution in [3.63, 3.8) is 0 Å². The van der Waals surface area contributed by atoms with Crippen molar-refractivity contribution in [1.82, 2.24) is 0 Å². The van der Waals surface area contributed by atoms with E-state index in [1.54, 1.807) is 12.1 Å². The van der Waals surface area contributed by atoms with Gasteiger partial charge in [-0.25, -0.2) is 4.39 Å². The molecule has 0 bridgehead atoms. The van der Waals surface area contributed by atoms with Gasteiger partial charge in [0.15, 0.2) is 0 Å². The van der Waals surface area contributed by atoms with Crippen molar-refractivity contribution in [2.24, 2.45) is 4.99 Å². The summed E-state index contributed by atoms with van der Waals surface area (Å²) in [6.07, 6.45) is 1.76. The van der Waals surface area contributed by atoms with E-state index in [9.17, 15) is 4.39 Å². The largest absolute Gasteiger partial charge is 0.495 e. The maximum atomic E-state index is 13.1. The van der Waals surface area contributed by atoms with E-state index in [0.717, 1.165) is 22.2 Å². The monoisotopic (exact) mass is 373 g/mol. The van der Waals surface area contributed by atoms with E-state index in [0.29, 0.717) is 6.61 Å². The highest BCUT2D eigenvalue weighted by molar-refractivity contribution is 6.63. The lowest BCUT2D eigenvalue weighted by atomic mass is 9.76. The van der Waals surface area contributed by atoms with Crippen LogP contribution in [0.25, 0.3) is 0 Å². The van der Waals surface area contributed by atoms with Crippen LogP contribution in [-0.4, -0.2) is 19.9 Å². The lowest BCUT2D eigenvalue weighted by Crippen LogP contribution is -2.34. The molecule has 28 heavy (non-hydrogen) atoms. The molecule has 4 rings (SSSR count). The third-order valence-corrected chi connectivity index (χ3v) is 4.90. The summed E-state index contributed by atoms with van der Waals surface area (Å²) in [5, 5.41) is 0. The van der Waals surface area contributed by atoms with Gasteiger partial charge < -0.3 is 9.31 Å². The molecule has 5 heteroatoms. The molecule has 0 amide bonds. The van der Waals surface area contributed by atoms with E-state index < -0.39 is 7.12 Å². The molecule has 1 aliphatic rings. The Hall–Kier alpha value is -2.76. The van der Waals surface area contributed by atoms with Gasteiger partial charge in [0.25, 0.3) is 0 Å². The summed E-state index contributed by atoms with van der Waals surface area (Å²) in [4.78, 5) is 4.64. The Morgan fingerprint density at radius 1 is 1.00 bits per heavy atom. The molecular weight excluding hydrogens is 352 g/mol. The maximum absolute atomic E-state index is 13.1. The molecule has 0 radical (unpaired) electrons. The number of nitrogens with zero attached hydrogens (tertiary/aromatic N) is 1. The summed E-state index contributed by atoms with van der Waals surface area (Å²) in [5.41, 5.74) is 3.99. The van der Waals surface area contributed by atoms with Crippen LogP contribution >= 0.6 is 0 Å². The van der Waals surface area contributed by atoms with Crippen molar-refractivity contribution in [3.8, 4) is 0 Å². The molecule has 0 aliphatic carbocycles. The van der Waals surface area contributed by atoms with Gasteiger partial charge >= 0.3 is 7.12 Å². The van der Waals surface area contributed by atoms with Gasteiger partial charge in [-0.05, 0) is 41.2 Å². The van der Waals surface area contributed by atoms with E-state index >= 15 is 0 Å². The number of halogens is 1. The second-order valence-electron chi connectivity index (χ2n) is 6.84. The van der Waals surface area contributed by atoms with Gasteiger partial charge in [0.2, 0.25) is 0 Å². The van der Waals surface area contributed by atoms with Crippen LogP contribution in [0.4, 0.5) is 4.39 Å². The van der Waals surface area contributed by atoms with Gasteiger partial charge in [-0.3, -0.25) is 4.99 Å². The molecule has 3 aromatic carbocycles. The first-order valence-corrected chi connectivity index (χ1v) is 9.40. The lowest BCUT2D eigenvalue weighted by Gasteiger charge is -2.12. The second-order valence-corrected chi connectivity index (χ2v) is 6.84. The zero-order chi connectivity index (χ0) is 19.3. The van der Waals surface area contributed by atoms with Gasteiger partial charge in [-0.2, -0.15) is 0 Å². The first kappa shape index (κ1) is 18.6. The first-order valence-electron chi connectivity index (χ1n) is 9.40. The molecule has 1 heterocycles. The third kappa shape index (κ3) is 4.21. The number of hydrogen-bond acceptors (Lipinski definition) is 3. The Balaban J connectivity index is 1.50. The molecule has 1 unspecified atom stereocenters. The smallest absolute Gasteiger partial charge is 0.404 e. The zero-order valence-corrected chi connectivity index (χ0v) is 15.7. The number of aliphatic imine (C=N–C) groups is 1. The highest BCUT2D eigenvalue weighted by Crippen LogP contribution is 2.25. The molecule has 1 fully saturated rings. The minimum atomic E-state index is -0.422. The molecule has 0 saturated carbocycles. The Morgan fingerprint density at radius 2 is 1.71 bits per heavy atom. The summed E-state index contributed by atoms with van der Waals surface area (Å²) < 4.78 is 25.2. The molecule has 0 N–H and O–H groups in total. The molecule has 3 aromatic rings. The molecule has 0 aromatic heterocycles.